The number of likely N-dealkylation sites (N-methyl/N-ethyl adjacent to an activating group) is 1. The van der Waals surface area contributed by atoms with Crippen molar-refractivity contribution in [1.29, 1.82) is 0 Å². The highest BCUT2D eigenvalue weighted by atomic mass is 16.5. The van der Waals surface area contributed by atoms with Crippen LogP contribution in [0.5, 0.6) is 0 Å². The van der Waals surface area contributed by atoms with Gasteiger partial charge in [-0.1, -0.05) is 54.6 Å². The Bertz CT molecular complexity index is 772. The number of benzene rings is 2. The zero-order valence-corrected chi connectivity index (χ0v) is 16.8. The lowest BCUT2D eigenvalue weighted by molar-refractivity contribution is -0.162. The molecule has 3 rings (SSSR count). The Kier molecular flexibility index (Phi) is 6.83. The van der Waals surface area contributed by atoms with E-state index >= 15 is 0 Å². The fourth-order valence-corrected chi connectivity index (χ4v) is 3.67. The molecule has 0 aliphatic carbocycles. The monoisotopic (exact) mass is 382 g/mol. The van der Waals surface area contributed by atoms with Crippen molar-refractivity contribution in [2.75, 3.05) is 46.4 Å². The van der Waals surface area contributed by atoms with Crippen molar-refractivity contribution in [1.82, 2.24) is 9.80 Å². The lowest BCUT2D eigenvalue weighted by Crippen LogP contribution is -2.45. The zero-order valence-electron chi connectivity index (χ0n) is 16.8. The molecule has 1 aliphatic rings. The van der Waals surface area contributed by atoms with Gasteiger partial charge in [-0.3, -0.25) is 0 Å². The van der Waals surface area contributed by atoms with Crippen LogP contribution in [-0.2, 0) is 15.1 Å². The maximum Gasteiger partial charge on any atom is 0.347 e. The molecule has 28 heavy (non-hydrogen) atoms. The van der Waals surface area contributed by atoms with Crippen molar-refractivity contribution >= 4 is 5.97 Å². The number of rotatable bonds is 7. The molecule has 2 aromatic carbocycles. The predicted octanol–water partition coefficient (Wildman–Crippen LogP) is 2.41. The van der Waals surface area contributed by atoms with Crippen LogP contribution >= 0.6 is 0 Å². The Labute approximate surface area is 167 Å². The van der Waals surface area contributed by atoms with Crippen LogP contribution in [0.1, 0.15) is 23.1 Å². The number of carbonyl (C=O) groups is 1. The normalized spacial score (nSPS) is 17.8. The number of hydrogen-bond donors (Lipinski definition) is 1. The SMILES string of the molecule is Cc1ccccc1C(O)(C(=O)OCCCN1CCN(C)CC1)c1ccccc1. The molecule has 0 bridgehead atoms. The number of aryl methyl sites for hydroxylation is 1. The topological polar surface area (TPSA) is 53.0 Å². The van der Waals surface area contributed by atoms with Crippen molar-refractivity contribution in [3.05, 3.63) is 71.3 Å². The summed E-state index contributed by atoms with van der Waals surface area (Å²) in [4.78, 5) is 17.7. The maximum atomic E-state index is 13.0. The molecule has 150 valence electrons. The van der Waals surface area contributed by atoms with Crippen LogP contribution in [0, 0.1) is 6.92 Å². The second kappa shape index (κ2) is 9.32. The molecule has 1 heterocycles. The number of nitrogens with zero attached hydrogens (tertiary/aromatic N) is 2. The van der Waals surface area contributed by atoms with Gasteiger partial charge in [0.15, 0.2) is 0 Å². The summed E-state index contributed by atoms with van der Waals surface area (Å²) < 4.78 is 5.56. The number of piperazine rings is 1. The summed E-state index contributed by atoms with van der Waals surface area (Å²) in [6.45, 7) is 7.32. The minimum Gasteiger partial charge on any atom is -0.463 e. The fourth-order valence-electron chi connectivity index (χ4n) is 3.67. The first-order chi connectivity index (χ1) is 13.5. The minimum atomic E-state index is -1.81. The Morgan fingerprint density at radius 2 is 1.68 bits per heavy atom. The standard InChI is InChI=1S/C23H30N2O3/c1-19-9-6-7-12-21(19)23(27,20-10-4-3-5-11-20)22(26)28-18-8-13-25-16-14-24(2)15-17-25/h3-7,9-12,27H,8,13-18H2,1-2H3. The molecule has 1 unspecified atom stereocenters. The summed E-state index contributed by atoms with van der Waals surface area (Å²) in [6, 6.07) is 16.4. The summed E-state index contributed by atoms with van der Waals surface area (Å²) in [6.07, 6.45) is 0.758. The number of hydrogen-bond acceptors (Lipinski definition) is 5. The Morgan fingerprint density at radius 1 is 1.04 bits per heavy atom. The van der Waals surface area contributed by atoms with E-state index < -0.39 is 11.6 Å². The summed E-state index contributed by atoms with van der Waals surface area (Å²) >= 11 is 0. The van der Waals surface area contributed by atoms with E-state index in [1.165, 1.54) is 0 Å². The molecule has 0 radical (unpaired) electrons. The molecule has 0 saturated carbocycles. The first-order valence-corrected chi connectivity index (χ1v) is 9.94. The molecule has 5 nitrogen and oxygen atoms in total. The molecular formula is C23H30N2O3. The number of aliphatic hydroxyl groups is 1. The first-order valence-electron chi connectivity index (χ1n) is 9.94. The van der Waals surface area contributed by atoms with E-state index in [-0.39, 0.29) is 0 Å². The van der Waals surface area contributed by atoms with Crippen LogP contribution in [0.15, 0.2) is 54.6 Å². The van der Waals surface area contributed by atoms with Crippen molar-refractivity contribution in [2.24, 2.45) is 0 Å². The smallest absolute Gasteiger partial charge is 0.347 e. The minimum absolute atomic E-state index is 0.298. The predicted molar refractivity (Wildman–Crippen MR) is 110 cm³/mol. The van der Waals surface area contributed by atoms with Crippen LogP contribution < -0.4 is 0 Å². The highest BCUT2D eigenvalue weighted by Crippen LogP contribution is 2.33. The Hall–Kier alpha value is -2.21. The van der Waals surface area contributed by atoms with Gasteiger partial charge in [-0.25, -0.2) is 4.79 Å². The number of esters is 1. The van der Waals surface area contributed by atoms with Gasteiger partial charge in [0.25, 0.3) is 0 Å². The van der Waals surface area contributed by atoms with Crippen molar-refractivity contribution in [2.45, 2.75) is 18.9 Å². The van der Waals surface area contributed by atoms with Crippen molar-refractivity contribution < 1.29 is 14.6 Å². The van der Waals surface area contributed by atoms with Gasteiger partial charge in [0.05, 0.1) is 6.61 Å². The lowest BCUT2D eigenvalue weighted by atomic mass is 9.84. The molecule has 1 aliphatic heterocycles. The molecule has 1 atom stereocenters. The molecule has 0 aromatic heterocycles. The quantitative estimate of drug-likeness (QED) is 0.589. The maximum absolute atomic E-state index is 13.0. The van der Waals surface area contributed by atoms with E-state index in [1.54, 1.807) is 18.2 Å². The van der Waals surface area contributed by atoms with Gasteiger partial charge in [0, 0.05) is 38.3 Å². The molecule has 0 spiro atoms. The third kappa shape index (κ3) is 4.61. The van der Waals surface area contributed by atoms with E-state index in [9.17, 15) is 9.90 Å². The van der Waals surface area contributed by atoms with Crippen LogP contribution in [0.25, 0.3) is 0 Å². The highest BCUT2D eigenvalue weighted by Gasteiger charge is 2.42. The average Bonchev–Trinajstić information content (AvgIpc) is 2.72. The van der Waals surface area contributed by atoms with E-state index in [1.807, 2.05) is 43.3 Å². The lowest BCUT2D eigenvalue weighted by Gasteiger charge is -2.32. The molecule has 0 amide bonds. The summed E-state index contributed by atoms with van der Waals surface area (Å²) in [5.41, 5.74) is 0.127. The number of ether oxygens (including phenoxy) is 1. The largest absolute Gasteiger partial charge is 0.463 e. The molecular weight excluding hydrogens is 352 g/mol. The molecule has 5 heteroatoms. The first kappa shape index (κ1) is 20.5. The second-order valence-corrected chi connectivity index (χ2v) is 7.53. The van der Waals surface area contributed by atoms with Crippen LogP contribution in [0.2, 0.25) is 0 Å². The van der Waals surface area contributed by atoms with E-state index in [4.69, 9.17) is 4.74 Å². The van der Waals surface area contributed by atoms with Gasteiger partial charge in [-0.05, 0) is 31.5 Å². The van der Waals surface area contributed by atoms with Crippen molar-refractivity contribution in [3.8, 4) is 0 Å². The van der Waals surface area contributed by atoms with Gasteiger partial charge >= 0.3 is 5.97 Å². The van der Waals surface area contributed by atoms with Gasteiger partial charge < -0.3 is 19.6 Å². The van der Waals surface area contributed by atoms with Gasteiger partial charge in [0.1, 0.15) is 0 Å². The third-order valence-corrected chi connectivity index (χ3v) is 5.47. The van der Waals surface area contributed by atoms with E-state index in [0.717, 1.165) is 44.7 Å². The van der Waals surface area contributed by atoms with Crippen molar-refractivity contribution in [3.63, 3.8) is 0 Å². The summed E-state index contributed by atoms with van der Waals surface area (Å²) in [7, 11) is 2.13. The van der Waals surface area contributed by atoms with E-state index in [0.29, 0.717) is 17.7 Å². The van der Waals surface area contributed by atoms with E-state index in [2.05, 4.69) is 16.8 Å². The van der Waals surface area contributed by atoms with Crippen LogP contribution in [0.3, 0.4) is 0 Å². The average molecular weight is 383 g/mol. The van der Waals surface area contributed by atoms with Crippen LogP contribution in [0.4, 0.5) is 0 Å². The van der Waals surface area contributed by atoms with Gasteiger partial charge in [-0.15, -0.1) is 0 Å². The van der Waals surface area contributed by atoms with Gasteiger partial charge in [-0.2, -0.15) is 0 Å². The molecule has 1 saturated heterocycles. The third-order valence-electron chi connectivity index (χ3n) is 5.47. The second-order valence-electron chi connectivity index (χ2n) is 7.53. The molecule has 2 aromatic rings. The zero-order chi connectivity index (χ0) is 20.0. The Balaban J connectivity index is 1.67. The van der Waals surface area contributed by atoms with Gasteiger partial charge in [0.2, 0.25) is 5.60 Å². The Morgan fingerprint density at radius 3 is 2.36 bits per heavy atom. The molecule has 1 N–H and O–H groups in total. The summed E-state index contributed by atoms with van der Waals surface area (Å²) in [5.74, 6) is -0.619. The summed E-state index contributed by atoms with van der Waals surface area (Å²) in [5, 5.41) is 11.5. The number of carbonyl (C=O) groups excluding carboxylic acids is 1. The molecule has 1 fully saturated rings. The van der Waals surface area contributed by atoms with Crippen LogP contribution in [-0.4, -0.2) is 67.3 Å². The highest BCUT2D eigenvalue weighted by molar-refractivity contribution is 5.85. The fraction of sp³-hybridized carbons (Fsp3) is 0.435.